The highest BCUT2D eigenvalue weighted by molar-refractivity contribution is 7.03. The lowest BCUT2D eigenvalue weighted by Crippen LogP contribution is -2.45. The van der Waals surface area contributed by atoms with Crippen LogP contribution in [0, 0.1) is 0 Å². The van der Waals surface area contributed by atoms with E-state index in [1.54, 1.807) is 0 Å². The molecular weight excluding hydrogens is 198 g/mol. The Morgan fingerprint density at radius 2 is 2.43 bits per heavy atom. The van der Waals surface area contributed by atoms with Crippen LogP contribution in [0.15, 0.2) is 5.38 Å². The predicted molar refractivity (Wildman–Crippen MR) is 57.1 cm³/mol. The van der Waals surface area contributed by atoms with Gasteiger partial charge in [0, 0.05) is 17.5 Å². The number of nitrogens with one attached hydrogen (secondary N) is 1. The van der Waals surface area contributed by atoms with Crippen LogP contribution < -0.4 is 5.32 Å². The summed E-state index contributed by atoms with van der Waals surface area (Å²) in [5, 5.41) is 18.4. The molecule has 5 heteroatoms. The van der Waals surface area contributed by atoms with E-state index in [1.807, 2.05) is 12.3 Å². The lowest BCUT2D eigenvalue weighted by molar-refractivity contribution is 0.163. The van der Waals surface area contributed by atoms with Gasteiger partial charge < -0.3 is 10.4 Å². The van der Waals surface area contributed by atoms with Crippen LogP contribution in [-0.2, 0) is 6.54 Å². The minimum atomic E-state index is -0.196. The Kier molecular flexibility index (Phi) is 4.44. The number of hydrogen-bond donors (Lipinski definition) is 2. The smallest absolute Gasteiger partial charge is 0.0893 e. The molecule has 1 unspecified atom stereocenters. The normalized spacial score (nSPS) is 15.4. The van der Waals surface area contributed by atoms with E-state index >= 15 is 0 Å². The Morgan fingerprint density at radius 1 is 1.64 bits per heavy atom. The summed E-state index contributed by atoms with van der Waals surface area (Å²) in [7, 11) is 0. The van der Waals surface area contributed by atoms with E-state index < -0.39 is 0 Å². The molecule has 0 aromatic carbocycles. The van der Waals surface area contributed by atoms with Crippen molar-refractivity contribution in [2.45, 2.75) is 38.8 Å². The molecule has 1 atom stereocenters. The third-order valence-corrected chi connectivity index (χ3v) is 2.81. The van der Waals surface area contributed by atoms with Crippen molar-refractivity contribution in [1.29, 1.82) is 0 Å². The summed E-state index contributed by atoms with van der Waals surface area (Å²) in [5.41, 5.74) is 0.740. The fraction of sp³-hybridized carbons (Fsp3) is 0.778. The van der Waals surface area contributed by atoms with Gasteiger partial charge in [0.1, 0.15) is 0 Å². The third kappa shape index (κ3) is 3.32. The molecule has 1 rings (SSSR count). The van der Waals surface area contributed by atoms with Crippen LogP contribution in [0.5, 0.6) is 0 Å². The zero-order valence-corrected chi connectivity index (χ0v) is 9.47. The lowest BCUT2D eigenvalue weighted by atomic mass is 9.97. The minimum absolute atomic E-state index is 0.151. The van der Waals surface area contributed by atoms with Crippen LogP contribution in [0.3, 0.4) is 0 Å². The Bertz CT molecular complexity index is 253. The van der Waals surface area contributed by atoms with Crippen LogP contribution in [-0.4, -0.2) is 26.8 Å². The molecule has 0 saturated heterocycles. The second-order valence-electron chi connectivity index (χ2n) is 3.72. The molecule has 4 nitrogen and oxygen atoms in total. The zero-order valence-electron chi connectivity index (χ0n) is 8.66. The predicted octanol–water partition coefficient (Wildman–Crippen LogP) is 1.18. The van der Waals surface area contributed by atoms with Crippen molar-refractivity contribution >= 4 is 11.5 Å². The largest absolute Gasteiger partial charge is 0.394 e. The van der Waals surface area contributed by atoms with Gasteiger partial charge in [0.05, 0.1) is 12.3 Å². The summed E-state index contributed by atoms with van der Waals surface area (Å²) in [6, 6.07) is 0. The summed E-state index contributed by atoms with van der Waals surface area (Å²) in [6.45, 7) is 4.96. The molecule has 0 spiro atoms. The number of nitrogens with zero attached hydrogens (tertiary/aromatic N) is 2. The maximum Gasteiger partial charge on any atom is 0.0893 e. The average Bonchev–Trinajstić information content (AvgIpc) is 2.68. The molecule has 0 amide bonds. The summed E-state index contributed by atoms with van der Waals surface area (Å²) in [4.78, 5) is 0. The quantitative estimate of drug-likeness (QED) is 0.748. The van der Waals surface area contributed by atoms with Crippen molar-refractivity contribution in [1.82, 2.24) is 14.9 Å². The molecule has 0 fully saturated rings. The number of rotatable bonds is 6. The van der Waals surface area contributed by atoms with Crippen molar-refractivity contribution in [3.8, 4) is 0 Å². The molecule has 0 saturated carbocycles. The van der Waals surface area contributed by atoms with E-state index in [1.165, 1.54) is 11.5 Å². The fourth-order valence-corrected chi connectivity index (χ4v) is 1.79. The van der Waals surface area contributed by atoms with Crippen LogP contribution in [0.1, 0.15) is 32.4 Å². The van der Waals surface area contributed by atoms with Crippen molar-refractivity contribution in [2.75, 3.05) is 6.61 Å². The number of hydrogen-bond acceptors (Lipinski definition) is 5. The van der Waals surface area contributed by atoms with Crippen molar-refractivity contribution in [2.24, 2.45) is 0 Å². The van der Waals surface area contributed by atoms with E-state index in [-0.39, 0.29) is 12.1 Å². The van der Waals surface area contributed by atoms with E-state index in [0.29, 0.717) is 6.54 Å². The van der Waals surface area contributed by atoms with Gasteiger partial charge in [-0.05, 0) is 24.9 Å². The molecule has 14 heavy (non-hydrogen) atoms. The first-order valence-corrected chi connectivity index (χ1v) is 5.65. The van der Waals surface area contributed by atoms with Gasteiger partial charge in [-0.1, -0.05) is 17.8 Å². The molecule has 0 aliphatic carbocycles. The first-order valence-electron chi connectivity index (χ1n) is 4.82. The molecule has 0 aliphatic rings. The Hall–Kier alpha value is -0.520. The van der Waals surface area contributed by atoms with Gasteiger partial charge in [0.25, 0.3) is 0 Å². The summed E-state index contributed by atoms with van der Waals surface area (Å²) < 4.78 is 3.78. The van der Waals surface area contributed by atoms with Crippen molar-refractivity contribution < 1.29 is 5.11 Å². The maximum atomic E-state index is 9.25. The minimum Gasteiger partial charge on any atom is -0.394 e. The first-order chi connectivity index (χ1) is 6.70. The Balaban J connectivity index is 2.41. The van der Waals surface area contributed by atoms with E-state index in [4.69, 9.17) is 0 Å². The topological polar surface area (TPSA) is 58.0 Å². The number of aromatic nitrogens is 2. The van der Waals surface area contributed by atoms with Gasteiger partial charge in [-0.25, -0.2) is 0 Å². The number of aliphatic hydroxyl groups excluding tert-OH is 1. The SMILES string of the molecule is CCCC(C)(CO)NCc1csnn1. The van der Waals surface area contributed by atoms with E-state index in [2.05, 4.69) is 21.8 Å². The average molecular weight is 215 g/mol. The molecule has 80 valence electrons. The van der Waals surface area contributed by atoms with Crippen molar-refractivity contribution in [3.63, 3.8) is 0 Å². The van der Waals surface area contributed by atoms with Crippen LogP contribution in [0.25, 0.3) is 0 Å². The van der Waals surface area contributed by atoms with Gasteiger partial charge >= 0.3 is 0 Å². The molecule has 0 bridgehead atoms. The molecule has 1 heterocycles. The molecule has 1 aromatic heterocycles. The monoisotopic (exact) mass is 215 g/mol. The summed E-state index contributed by atoms with van der Waals surface area (Å²) >= 11 is 1.35. The molecule has 2 N–H and O–H groups in total. The molecular formula is C9H17N3OS. The van der Waals surface area contributed by atoms with Gasteiger partial charge in [-0.15, -0.1) is 5.10 Å². The van der Waals surface area contributed by atoms with Crippen LogP contribution in [0.2, 0.25) is 0 Å². The lowest BCUT2D eigenvalue weighted by Gasteiger charge is -2.27. The summed E-state index contributed by atoms with van der Waals surface area (Å²) in [5.74, 6) is 0. The zero-order chi connectivity index (χ0) is 10.4. The maximum absolute atomic E-state index is 9.25. The van der Waals surface area contributed by atoms with Gasteiger partial charge in [0.15, 0.2) is 0 Å². The van der Waals surface area contributed by atoms with Gasteiger partial charge in [-0.2, -0.15) is 0 Å². The summed E-state index contributed by atoms with van der Waals surface area (Å²) in [6.07, 6.45) is 2.01. The number of aliphatic hydroxyl groups is 1. The molecule has 0 aliphatic heterocycles. The van der Waals surface area contributed by atoms with Gasteiger partial charge in [-0.3, -0.25) is 0 Å². The van der Waals surface area contributed by atoms with E-state index in [0.717, 1.165) is 18.5 Å². The Morgan fingerprint density at radius 3 is 2.93 bits per heavy atom. The third-order valence-electron chi connectivity index (χ3n) is 2.25. The fourth-order valence-electron chi connectivity index (χ4n) is 1.34. The second-order valence-corrected chi connectivity index (χ2v) is 4.33. The van der Waals surface area contributed by atoms with E-state index in [9.17, 15) is 5.11 Å². The second kappa shape index (κ2) is 5.38. The Labute approximate surface area is 88.5 Å². The molecule has 0 radical (unpaired) electrons. The highest BCUT2D eigenvalue weighted by atomic mass is 32.1. The van der Waals surface area contributed by atoms with Crippen molar-refractivity contribution in [3.05, 3.63) is 11.1 Å². The molecule has 1 aromatic rings. The highest BCUT2D eigenvalue weighted by Gasteiger charge is 2.21. The standard InChI is InChI=1S/C9H17N3OS/c1-3-4-9(2,7-13)10-5-8-6-14-12-11-8/h6,10,13H,3-5,7H2,1-2H3. The van der Waals surface area contributed by atoms with Gasteiger partial charge in [0.2, 0.25) is 0 Å². The van der Waals surface area contributed by atoms with Crippen LogP contribution >= 0.6 is 11.5 Å². The van der Waals surface area contributed by atoms with Crippen LogP contribution in [0.4, 0.5) is 0 Å². The first kappa shape index (κ1) is 11.6. The highest BCUT2D eigenvalue weighted by Crippen LogP contribution is 2.12.